The Bertz CT molecular complexity index is 591. The monoisotopic (exact) mass is 275 g/mol. The minimum atomic E-state index is 0.136. The fraction of sp³-hybridized carbons (Fsp3) is 0.286. The van der Waals surface area contributed by atoms with Crippen LogP contribution in [-0.2, 0) is 24.3 Å². The second-order valence-electron chi connectivity index (χ2n) is 4.66. The molecule has 1 aromatic heterocycles. The Morgan fingerprint density at radius 2 is 2.05 bits per heavy atom. The lowest BCUT2D eigenvalue weighted by Gasteiger charge is -2.27. The highest BCUT2D eigenvalue weighted by Gasteiger charge is 2.20. The average Bonchev–Trinajstić information content (AvgIpc) is 2.88. The van der Waals surface area contributed by atoms with E-state index in [2.05, 4.69) is 9.55 Å². The van der Waals surface area contributed by atoms with Gasteiger partial charge in [-0.05, 0) is 17.7 Å². The number of benzene rings is 1. The molecule has 1 aliphatic rings. The Morgan fingerprint density at radius 3 is 2.84 bits per heavy atom. The van der Waals surface area contributed by atoms with E-state index < -0.39 is 0 Å². The van der Waals surface area contributed by atoms with Gasteiger partial charge in [-0.3, -0.25) is 4.79 Å². The standard InChI is InChI=1S/C14H14ClN3O/c15-12-3-1-11(2-4-12)9-14(19)18-8-7-17-6-5-16-13(17)10-18/h1-6H,7-10H2. The van der Waals surface area contributed by atoms with Crippen molar-refractivity contribution >= 4 is 17.5 Å². The number of fused-ring (bicyclic) bond motifs is 1. The summed E-state index contributed by atoms with van der Waals surface area (Å²) < 4.78 is 2.09. The van der Waals surface area contributed by atoms with Crippen LogP contribution in [0.1, 0.15) is 11.4 Å². The van der Waals surface area contributed by atoms with E-state index in [4.69, 9.17) is 11.6 Å². The first-order valence-corrected chi connectivity index (χ1v) is 6.62. The zero-order valence-electron chi connectivity index (χ0n) is 10.4. The summed E-state index contributed by atoms with van der Waals surface area (Å²) in [6, 6.07) is 7.41. The predicted molar refractivity (Wildman–Crippen MR) is 72.8 cm³/mol. The number of carbonyl (C=O) groups excluding carboxylic acids is 1. The molecule has 1 aromatic carbocycles. The molecule has 3 rings (SSSR count). The van der Waals surface area contributed by atoms with E-state index >= 15 is 0 Å². The molecule has 0 spiro atoms. The maximum atomic E-state index is 12.2. The minimum Gasteiger partial charge on any atom is -0.333 e. The van der Waals surface area contributed by atoms with Gasteiger partial charge in [-0.2, -0.15) is 0 Å². The molecule has 2 heterocycles. The van der Waals surface area contributed by atoms with Crippen LogP contribution in [0, 0.1) is 0 Å². The van der Waals surface area contributed by atoms with Gasteiger partial charge in [0.05, 0.1) is 13.0 Å². The van der Waals surface area contributed by atoms with E-state index in [1.807, 2.05) is 35.4 Å². The van der Waals surface area contributed by atoms with Gasteiger partial charge in [0.15, 0.2) is 0 Å². The highest BCUT2D eigenvalue weighted by molar-refractivity contribution is 6.30. The zero-order valence-corrected chi connectivity index (χ0v) is 11.2. The maximum absolute atomic E-state index is 12.2. The van der Waals surface area contributed by atoms with Gasteiger partial charge in [0, 0.05) is 30.5 Å². The number of aromatic nitrogens is 2. The summed E-state index contributed by atoms with van der Waals surface area (Å²) in [4.78, 5) is 18.4. The molecule has 1 amide bonds. The predicted octanol–water partition coefficient (Wildman–Crippen LogP) is 2.12. The van der Waals surface area contributed by atoms with Crippen molar-refractivity contribution in [3.05, 3.63) is 53.1 Å². The maximum Gasteiger partial charge on any atom is 0.227 e. The highest BCUT2D eigenvalue weighted by Crippen LogP contribution is 2.14. The van der Waals surface area contributed by atoms with E-state index in [0.717, 1.165) is 24.5 Å². The Morgan fingerprint density at radius 1 is 1.26 bits per heavy atom. The largest absolute Gasteiger partial charge is 0.333 e. The van der Waals surface area contributed by atoms with Crippen LogP contribution >= 0.6 is 11.6 Å². The third-order valence-electron chi connectivity index (χ3n) is 3.37. The molecule has 0 atom stereocenters. The zero-order chi connectivity index (χ0) is 13.2. The van der Waals surface area contributed by atoms with E-state index in [1.54, 1.807) is 6.20 Å². The molecule has 5 heteroatoms. The summed E-state index contributed by atoms with van der Waals surface area (Å²) in [5, 5.41) is 0.691. The third kappa shape index (κ3) is 2.63. The van der Waals surface area contributed by atoms with Crippen molar-refractivity contribution in [2.45, 2.75) is 19.5 Å². The van der Waals surface area contributed by atoms with Crippen LogP contribution in [0.15, 0.2) is 36.7 Å². The molecule has 0 fully saturated rings. The number of carbonyl (C=O) groups is 1. The van der Waals surface area contributed by atoms with E-state index in [9.17, 15) is 4.79 Å². The van der Waals surface area contributed by atoms with Crippen molar-refractivity contribution < 1.29 is 4.79 Å². The molecule has 0 saturated heterocycles. The fourth-order valence-electron chi connectivity index (χ4n) is 2.28. The summed E-state index contributed by atoms with van der Waals surface area (Å²) in [7, 11) is 0. The third-order valence-corrected chi connectivity index (χ3v) is 3.62. The summed E-state index contributed by atoms with van der Waals surface area (Å²) in [5.74, 6) is 1.09. The topological polar surface area (TPSA) is 38.1 Å². The molecule has 98 valence electrons. The number of hydrogen-bond acceptors (Lipinski definition) is 2. The number of amides is 1. The van der Waals surface area contributed by atoms with Gasteiger partial charge in [-0.1, -0.05) is 23.7 Å². The number of imidazole rings is 1. The molecular weight excluding hydrogens is 262 g/mol. The van der Waals surface area contributed by atoms with Crippen molar-refractivity contribution in [3.63, 3.8) is 0 Å². The molecule has 0 N–H and O–H groups in total. The molecule has 0 bridgehead atoms. The highest BCUT2D eigenvalue weighted by atomic mass is 35.5. The van der Waals surface area contributed by atoms with Gasteiger partial charge in [0.1, 0.15) is 5.82 Å². The van der Waals surface area contributed by atoms with Gasteiger partial charge < -0.3 is 9.47 Å². The Kier molecular flexibility index (Phi) is 3.25. The second kappa shape index (κ2) is 5.05. The molecule has 4 nitrogen and oxygen atoms in total. The molecule has 0 unspecified atom stereocenters. The van der Waals surface area contributed by atoms with Crippen molar-refractivity contribution in [2.75, 3.05) is 6.54 Å². The van der Waals surface area contributed by atoms with Crippen molar-refractivity contribution in [2.24, 2.45) is 0 Å². The first kappa shape index (κ1) is 12.2. The first-order chi connectivity index (χ1) is 9.22. The first-order valence-electron chi connectivity index (χ1n) is 6.24. The minimum absolute atomic E-state index is 0.136. The summed E-state index contributed by atoms with van der Waals surface area (Å²) in [5.41, 5.74) is 0.989. The van der Waals surface area contributed by atoms with E-state index in [1.165, 1.54) is 0 Å². The Hall–Kier alpha value is -1.81. The number of hydrogen-bond donors (Lipinski definition) is 0. The van der Waals surface area contributed by atoms with Crippen LogP contribution < -0.4 is 0 Å². The molecular formula is C14H14ClN3O. The smallest absolute Gasteiger partial charge is 0.227 e. The van der Waals surface area contributed by atoms with E-state index in [0.29, 0.717) is 18.0 Å². The summed E-state index contributed by atoms with van der Waals surface area (Å²) >= 11 is 5.83. The van der Waals surface area contributed by atoms with Crippen molar-refractivity contribution in [1.82, 2.24) is 14.5 Å². The lowest BCUT2D eigenvalue weighted by Crippen LogP contribution is -2.39. The van der Waals surface area contributed by atoms with Gasteiger partial charge in [-0.25, -0.2) is 4.98 Å². The van der Waals surface area contributed by atoms with Crippen LogP contribution in [0.3, 0.4) is 0 Å². The van der Waals surface area contributed by atoms with Crippen LogP contribution in [0.25, 0.3) is 0 Å². The molecule has 0 radical (unpaired) electrons. The van der Waals surface area contributed by atoms with Crippen molar-refractivity contribution in [1.29, 1.82) is 0 Å². The number of halogens is 1. The van der Waals surface area contributed by atoms with Gasteiger partial charge in [-0.15, -0.1) is 0 Å². The lowest BCUT2D eigenvalue weighted by atomic mass is 10.1. The average molecular weight is 276 g/mol. The molecule has 2 aromatic rings. The van der Waals surface area contributed by atoms with E-state index in [-0.39, 0.29) is 5.91 Å². The normalized spacial score (nSPS) is 14.3. The number of rotatable bonds is 2. The van der Waals surface area contributed by atoms with Crippen LogP contribution in [0.2, 0.25) is 5.02 Å². The van der Waals surface area contributed by atoms with Crippen molar-refractivity contribution in [3.8, 4) is 0 Å². The molecule has 0 aliphatic carbocycles. The fourth-order valence-corrected chi connectivity index (χ4v) is 2.40. The Labute approximate surface area is 116 Å². The quantitative estimate of drug-likeness (QED) is 0.842. The summed E-state index contributed by atoms with van der Waals surface area (Å²) in [6.07, 6.45) is 4.15. The Balaban J connectivity index is 1.67. The summed E-state index contributed by atoms with van der Waals surface area (Å²) in [6.45, 7) is 2.16. The second-order valence-corrected chi connectivity index (χ2v) is 5.09. The lowest BCUT2D eigenvalue weighted by molar-refractivity contribution is -0.132. The molecule has 1 aliphatic heterocycles. The van der Waals surface area contributed by atoms with Gasteiger partial charge in [0.25, 0.3) is 0 Å². The molecule has 0 saturated carbocycles. The number of nitrogens with zero attached hydrogens (tertiary/aromatic N) is 3. The van der Waals surface area contributed by atoms with Crippen LogP contribution in [0.4, 0.5) is 0 Å². The SMILES string of the molecule is O=C(Cc1ccc(Cl)cc1)N1CCn2ccnc2C1. The van der Waals surface area contributed by atoms with Crippen LogP contribution in [0.5, 0.6) is 0 Å². The van der Waals surface area contributed by atoms with Gasteiger partial charge >= 0.3 is 0 Å². The molecule has 19 heavy (non-hydrogen) atoms. The van der Waals surface area contributed by atoms with Gasteiger partial charge in [0.2, 0.25) is 5.91 Å². The van der Waals surface area contributed by atoms with Crippen LogP contribution in [-0.4, -0.2) is 26.9 Å².